The molecule has 0 saturated carbocycles. The quantitative estimate of drug-likeness (QED) is 0.157. The summed E-state index contributed by atoms with van der Waals surface area (Å²) in [7, 11) is -1.87. The second-order valence-electron chi connectivity index (χ2n) is 14.5. The van der Waals surface area contributed by atoms with Crippen LogP contribution in [0.4, 0.5) is 14.5 Å². The molecule has 0 heterocycles. The fourth-order valence-electron chi connectivity index (χ4n) is 5.60. The number of halogens is 2. The molecule has 52 heavy (non-hydrogen) atoms. The number of nitrogens with one attached hydrogen (secondary N) is 1. The van der Waals surface area contributed by atoms with Crippen LogP contribution in [0.25, 0.3) is 11.1 Å². The minimum Gasteiger partial charge on any atom is -0.548 e. The molecular weight excluding hydrogens is 690 g/mol. The first-order valence-electron chi connectivity index (χ1n) is 17.2. The fraction of sp³-hybridized carbons (Fsp3) is 0.366. The Morgan fingerprint density at radius 3 is 2.10 bits per heavy atom. The predicted octanol–water partition coefficient (Wildman–Crippen LogP) is 5.32. The van der Waals surface area contributed by atoms with Crippen molar-refractivity contribution in [3.8, 4) is 11.1 Å². The first-order valence-corrected chi connectivity index (χ1v) is 21.5. The summed E-state index contributed by atoms with van der Waals surface area (Å²) in [6.07, 6.45) is 2.88. The van der Waals surface area contributed by atoms with Crippen LogP contribution in [0.15, 0.2) is 84.9 Å². The smallest absolute Gasteiger partial charge is 0.548 e. The number of hydrogen-bond donors (Lipinski definition) is 1. The van der Waals surface area contributed by atoms with Gasteiger partial charge >= 0.3 is 18.9 Å². The van der Waals surface area contributed by atoms with Crippen LogP contribution in [0.5, 0.6) is 0 Å². The number of thioether (sulfide) groups is 1. The van der Waals surface area contributed by atoms with Crippen molar-refractivity contribution in [1.29, 1.82) is 0 Å². The number of anilines is 1. The van der Waals surface area contributed by atoms with E-state index in [-0.39, 0.29) is 36.9 Å². The Morgan fingerprint density at radius 2 is 1.50 bits per heavy atom. The van der Waals surface area contributed by atoms with Gasteiger partial charge in [0.05, 0.1) is 12.0 Å². The number of carboxylic acids is 1. The second-order valence-corrected chi connectivity index (χ2v) is 20.3. The molecule has 272 valence electrons. The van der Waals surface area contributed by atoms with E-state index in [1.807, 2.05) is 66.6 Å². The molecule has 1 N–H and O–H groups in total. The summed E-state index contributed by atoms with van der Waals surface area (Å²) in [4.78, 5) is 27.5. The third-order valence-electron chi connectivity index (χ3n) is 9.59. The van der Waals surface area contributed by atoms with Gasteiger partial charge in [0.25, 0.3) is 5.91 Å². The zero-order valence-electron chi connectivity index (χ0n) is 31.6. The Bertz CT molecular complexity index is 1800. The van der Waals surface area contributed by atoms with E-state index >= 15 is 0 Å². The maximum absolute atomic E-state index is 14.3. The molecule has 1 amide bonds. The molecule has 11 heteroatoms. The van der Waals surface area contributed by atoms with Crippen LogP contribution in [0.3, 0.4) is 0 Å². The van der Waals surface area contributed by atoms with Gasteiger partial charge in [0.1, 0.15) is 11.6 Å². The number of aliphatic carboxylic acids is 1. The number of nitrogens with zero attached hydrogens (tertiary/aromatic N) is 1. The molecule has 0 aromatic heterocycles. The van der Waals surface area contributed by atoms with E-state index in [0.717, 1.165) is 40.4 Å². The van der Waals surface area contributed by atoms with Crippen molar-refractivity contribution in [2.24, 2.45) is 0 Å². The van der Waals surface area contributed by atoms with Crippen LogP contribution >= 0.6 is 11.8 Å². The van der Waals surface area contributed by atoms with Gasteiger partial charge in [-0.2, -0.15) is 11.8 Å². The summed E-state index contributed by atoms with van der Waals surface area (Å²) in [6.45, 7) is 14.3. The van der Waals surface area contributed by atoms with E-state index < -0.39 is 37.9 Å². The van der Waals surface area contributed by atoms with Crippen molar-refractivity contribution >= 4 is 37.6 Å². The predicted molar refractivity (Wildman–Crippen MR) is 205 cm³/mol. The molecule has 0 aliphatic rings. The zero-order chi connectivity index (χ0) is 37.3. The average Bonchev–Trinajstić information content (AvgIpc) is 3.05. The fourth-order valence-corrected chi connectivity index (χ4v) is 7.12. The standard InChI is InChI=1S/C41H50F2N2O4SSi.Li/c1-28-10-8-9-11-35(28)37-24-30(14-17-36(37)39(46)44-38(40(47)48)19-21-50-5)26-45(27-31-22-32(42)25-33(43)23-31)34-15-12-29(13-16-34)18-20-49-51(6,7)41(2,3)4;/h8-17,22-25,38H,18-21,26-27H2,1-7H3,(H,44,46)(H,47,48);/q;+1/p-1/t38-;/m0./s1. The first kappa shape index (κ1) is 43.0. The number of benzene rings is 4. The molecule has 4 aromatic rings. The molecule has 0 radical (unpaired) electrons. The number of amides is 1. The first-order chi connectivity index (χ1) is 24.1. The van der Waals surface area contributed by atoms with Gasteiger partial charge in [-0.1, -0.05) is 63.2 Å². The van der Waals surface area contributed by atoms with Crippen LogP contribution in [0, 0.1) is 18.6 Å². The number of aryl methyl sites for hydroxylation is 1. The molecule has 4 aromatic carbocycles. The zero-order valence-corrected chi connectivity index (χ0v) is 33.5. The van der Waals surface area contributed by atoms with Crippen LogP contribution < -0.4 is 34.2 Å². The van der Waals surface area contributed by atoms with Gasteiger partial charge in [-0.05, 0) is 120 Å². The number of rotatable bonds is 16. The van der Waals surface area contributed by atoms with Crippen molar-refractivity contribution in [2.45, 2.75) is 77.8 Å². The third-order valence-corrected chi connectivity index (χ3v) is 14.8. The van der Waals surface area contributed by atoms with E-state index in [1.165, 1.54) is 23.9 Å². The van der Waals surface area contributed by atoms with E-state index in [9.17, 15) is 23.5 Å². The summed E-state index contributed by atoms with van der Waals surface area (Å²) in [5.41, 5.74) is 6.09. The molecule has 0 unspecified atom stereocenters. The molecule has 0 spiro atoms. The topological polar surface area (TPSA) is 81.7 Å². The van der Waals surface area contributed by atoms with Crippen molar-refractivity contribution in [1.82, 2.24) is 5.32 Å². The summed E-state index contributed by atoms with van der Waals surface area (Å²) in [6, 6.07) is 23.7. The number of carboxylic acid groups (broad SMARTS) is 1. The summed E-state index contributed by atoms with van der Waals surface area (Å²) in [5.74, 6) is -2.57. The van der Waals surface area contributed by atoms with E-state index in [0.29, 0.717) is 35.6 Å². The number of hydrogen-bond acceptors (Lipinski definition) is 6. The average molecular weight is 739 g/mol. The van der Waals surface area contributed by atoms with Crippen LogP contribution in [0.1, 0.15) is 59.8 Å². The maximum Gasteiger partial charge on any atom is 1.00 e. The maximum atomic E-state index is 14.3. The minimum absolute atomic E-state index is 0. The Hall–Kier alpha value is -3.40. The van der Waals surface area contributed by atoms with Crippen molar-refractivity contribution in [2.75, 3.05) is 23.5 Å². The van der Waals surface area contributed by atoms with Gasteiger partial charge in [-0.15, -0.1) is 0 Å². The SMILES string of the molecule is CSCC[C@H](NC(=O)c1ccc(CN(Cc2cc(F)cc(F)c2)c2ccc(CCO[Si](C)(C)C(C)(C)C)cc2)cc1-c1ccccc1C)C(=O)[O-].[Li+]. The van der Waals surface area contributed by atoms with Gasteiger partial charge in [-0.3, -0.25) is 4.79 Å². The van der Waals surface area contributed by atoms with Crippen LogP contribution in [-0.4, -0.2) is 44.9 Å². The van der Waals surface area contributed by atoms with Gasteiger partial charge in [-0.25, -0.2) is 8.78 Å². The molecular formula is C41H49F2LiN2O4SSi. The summed E-state index contributed by atoms with van der Waals surface area (Å²) < 4.78 is 35.0. The monoisotopic (exact) mass is 738 g/mol. The molecule has 1 atom stereocenters. The summed E-state index contributed by atoms with van der Waals surface area (Å²) >= 11 is 1.49. The molecule has 0 bridgehead atoms. The Kier molecular flexibility index (Phi) is 15.8. The molecule has 0 aliphatic heterocycles. The van der Waals surface area contributed by atoms with Gasteiger partial charge in [0, 0.05) is 37.0 Å². The second kappa shape index (κ2) is 19.1. The Balaban J connectivity index is 0.00000729. The van der Waals surface area contributed by atoms with E-state index in [2.05, 4.69) is 51.3 Å². The number of carbonyl (C=O) groups excluding carboxylic acids is 2. The van der Waals surface area contributed by atoms with Crippen LogP contribution in [-0.2, 0) is 28.7 Å². The van der Waals surface area contributed by atoms with E-state index in [4.69, 9.17) is 4.43 Å². The molecule has 0 aliphatic carbocycles. The van der Waals surface area contributed by atoms with Gasteiger partial charge < -0.3 is 24.5 Å². The third kappa shape index (κ3) is 11.8. The summed E-state index contributed by atoms with van der Waals surface area (Å²) in [5, 5.41) is 14.6. The molecule has 0 fully saturated rings. The van der Waals surface area contributed by atoms with Crippen molar-refractivity contribution in [3.05, 3.63) is 124 Å². The van der Waals surface area contributed by atoms with Crippen molar-refractivity contribution < 1.29 is 46.8 Å². The minimum atomic E-state index is -1.87. The van der Waals surface area contributed by atoms with Gasteiger partial charge in [0.15, 0.2) is 8.32 Å². The molecule has 6 nitrogen and oxygen atoms in total. The molecule has 0 saturated heterocycles. The Morgan fingerprint density at radius 1 is 0.885 bits per heavy atom. The van der Waals surface area contributed by atoms with Crippen molar-refractivity contribution in [3.63, 3.8) is 0 Å². The largest absolute Gasteiger partial charge is 1.00 e. The van der Waals surface area contributed by atoms with Crippen LogP contribution in [0.2, 0.25) is 18.1 Å². The Labute approximate surface area is 325 Å². The normalized spacial score (nSPS) is 12.2. The van der Waals surface area contributed by atoms with Gasteiger partial charge in [0.2, 0.25) is 0 Å². The molecule has 4 rings (SSSR count). The van der Waals surface area contributed by atoms with E-state index in [1.54, 1.807) is 6.07 Å². The number of carbonyl (C=O) groups is 2.